The van der Waals surface area contributed by atoms with E-state index in [4.69, 9.17) is 5.73 Å². The molecule has 1 fully saturated rings. The summed E-state index contributed by atoms with van der Waals surface area (Å²) in [6.45, 7) is 3.91. The number of nitrogens with one attached hydrogen (secondary N) is 1. The minimum atomic E-state index is -0.172. The summed E-state index contributed by atoms with van der Waals surface area (Å²) in [4.78, 5) is 31.6. The molecule has 3 N–H and O–H groups in total. The molecule has 1 aromatic heterocycles. The molecule has 1 aromatic carbocycles. The fourth-order valence-corrected chi connectivity index (χ4v) is 3.30. The third-order valence-corrected chi connectivity index (χ3v) is 4.61. The van der Waals surface area contributed by atoms with Crippen LogP contribution in [0.2, 0.25) is 0 Å². The van der Waals surface area contributed by atoms with E-state index in [9.17, 15) is 9.59 Å². The average molecular weight is 340 g/mol. The molecule has 1 aliphatic heterocycles. The number of piperidine rings is 1. The first kappa shape index (κ1) is 17.4. The fourth-order valence-electron chi connectivity index (χ4n) is 3.30. The highest BCUT2D eigenvalue weighted by Gasteiger charge is 2.29. The Labute approximate surface area is 147 Å². The molecular formula is C19H24N4O2. The van der Waals surface area contributed by atoms with Crippen molar-refractivity contribution in [2.24, 2.45) is 11.7 Å². The Bertz CT molecular complexity index is 790. The van der Waals surface area contributed by atoms with Crippen molar-refractivity contribution >= 4 is 22.7 Å². The first-order valence-corrected chi connectivity index (χ1v) is 8.73. The van der Waals surface area contributed by atoms with E-state index in [1.165, 1.54) is 0 Å². The van der Waals surface area contributed by atoms with Crippen molar-refractivity contribution in [2.75, 3.05) is 26.2 Å². The Morgan fingerprint density at radius 1 is 1.32 bits per heavy atom. The predicted molar refractivity (Wildman–Crippen MR) is 97.2 cm³/mol. The third kappa shape index (κ3) is 3.79. The molecule has 6 heteroatoms. The molecule has 2 heterocycles. The first-order chi connectivity index (χ1) is 12.1. The van der Waals surface area contributed by atoms with E-state index in [1.807, 2.05) is 37.3 Å². The molecule has 0 aliphatic carbocycles. The molecule has 0 bridgehead atoms. The molecule has 2 aromatic rings. The van der Waals surface area contributed by atoms with E-state index >= 15 is 0 Å². The minimum absolute atomic E-state index is 0.0187. The number of hydrogen-bond donors (Lipinski definition) is 2. The maximum atomic E-state index is 13.0. The standard InChI is InChI=1S/C19H24N4O2/c1-13-7-8-14-4-2-6-16(17(14)22-13)19(25)23-11-3-5-15(12-23)18(24)21-10-9-20/h2,4,6-8,15H,3,5,9-12,20H2,1H3,(H,21,24). The lowest BCUT2D eigenvalue weighted by Gasteiger charge is -2.32. The lowest BCUT2D eigenvalue weighted by Crippen LogP contribution is -2.46. The van der Waals surface area contributed by atoms with Gasteiger partial charge in [0.2, 0.25) is 5.91 Å². The molecule has 1 saturated heterocycles. The van der Waals surface area contributed by atoms with Crippen LogP contribution in [0.5, 0.6) is 0 Å². The van der Waals surface area contributed by atoms with Gasteiger partial charge in [0, 0.05) is 37.3 Å². The summed E-state index contributed by atoms with van der Waals surface area (Å²) >= 11 is 0. The van der Waals surface area contributed by atoms with Crippen LogP contribution in [0.15, 0.2) is 30.3 Å². The molecule has 1 aliphatic rings. The number of pyridine rings is 1. The number of aromatic nitrogens is 1. The van der Waals surface area contributed by atoms with Crippen LogP contribution in [0, 0.1) is 12.8 Å². The molecule has 3 rings (SSSR count). The van der Waals surface area contributed by atoms with Gasteiger partial charge < -0.3 is 16.0 Å². The van der Waals surface area contributed by atoms with Crippen LogP contribution in [0.4, 0.5) is 0 Å². The topological polar surface area (TPSA) is 88.3 Å². The molecule has 0 spiro atoms. The van der Waals surface area contributed by atoms with Crippen molar-refractivity contribution < 1.29 is 9.59 Å². The molecule has 0 radical (unpaired) electrons. The summed E-state index contributed by atoms with van der Waals surface area (Å²) in [6, 6.07) is 9.57. The van der Waals surface area contributed by atoms with E-state index < -0.39 is 0 Å². The van der Waals surface area contributed by atoms with Gasteiger partial charge in [0.05, 0.1) is 17.0 Å². The number of carbonyl (C=O) groups is 2. The van der Waals surface area contributed by atoms with Crippen LogP contribution < -0.4 is 11.1 Å². The molecule has 6 nitrogen and oxygen atoms in total. The van der Waals surface area contributed by atoms with E-state index in [0.717, 1.165) is 29.4 Å². The maximum absolute atomic E-state index is 13.0. The largest absolute Gasteiger partial charge is 0.355 e. The Hall–Kier alpha value is -2.47. The number of aryl methyl sites for hydroxylation is 1. The third-order valence-electron chi connectivity index (χ3n) is 4.61. The number of para-hydroxylation sites is 1. The van der Waals surface area contributed by atoms with Crippen LogP contribution in [-0.2, 0) is 4.79 Å². The van der Waals surface area contributed by atoms with Gasteiger partial charge in [-0.25, -0.2) is 0 Å². The second-order valence-electron chi connectivity index (χ2n) is 6.50. The van der Waals surface area contributed by atoms with Gasteiger partial charge in [-0.3, -0.25) is 14.6 Å². The van der Waals surface area contributed by atoms with Crippen molar-refractivity contribution in [1.29, 1.82) is 0 Å². The van der Waals surface area contributed by atoms with Gasteiger partial charge in [0.1, 0.15) is 0 Å². The number of nitrogens with two attached hydrogens (primary N) is 1. The van der Waals surface area contributed by atoms with Crippen molar-refractivity contribution in [3.8, 4) is 0 Å². The van der Waals surface area contributed by atoms with Crippen molar-refractivity contribution in [2.45, 2.75) is 19.8 Å². The highest BCUT2D eigenvalue weighted by molar-refractivity contribution is 6.05. The Kier molecular flexibility index (Phi) is 5.28. The number of benzene rings is 1. The minimum Gasteiger partial charge on any atom is -0.355 e. The normalized spacial score (nSPS) is 17.5. The molecule has 1 unspecified atom stereocenters. The van der Waals surface area contributed by atoms with Crippen molar-refractivity contribution in [3.05, 3.63) is 41.6 Å². The van der Waals surface area contributed by atoms with Gasteiger partial charge in [-0.1, -0.05) is 18.2 Å². The SMILES string of the molecule is Cc1ccc2cccc(C(=O)N3CCCC(C(=O)NCCN)C3)c2n1. The molecule has 25 heavy (non-hydrogen) atoms. The Morgan fingerprint density at radius 3 is 2.96 bits per heavy atom. The molecule has 1 atom stereocenters. The summed E-state index contributed by atoms with van der Waals surface area (Å²) in [5, 5.41) is 3.77. The zero-order valence-electron chi connectivity index (χ0n) is 14.5. The van der Waals surface area contributed by atoms with Gasteiger partial charge in [0.15, 0.2) is 0 Å². The Morgan fingerprint density at radius 2 is 2.16 bits per heavy atom. The summed E-state index contributed by atoms with van der Waals surface area (Å²) in [6.07, 6.45) is 1.62. The second kappa shape index (κ2) is 7.61. The smallest absolute Gasteiger partial charge is 0.256 e. The number of nitrogens with zero attached hydrogens (tertiary/aromatic N) is 2. The highest BCUT2D eigenvalue weighted by Crippen LogP contribution is 2.23. The molecule has 0 saturated carbocycles. The molecule has 132 valence electrons. The van der Waals surface area contributed by atoms with Gasteiger partial charge in [-0.15, -0.1) is 0 Å². The summed E-state index contributed by atoms with van der Waals surface area (Å²) in [7, 11) is 0. The Balaban J connectivity index is 1.81. The van der Waals surface area contributed by atoms with Crippen LogP contribution in [0.3, 0.4) is 0 Å². The number of likely N-dealkylation sites (tertiary alicyclic amines) is 1. The summed E-state index contributed by atoms with van der Waals surface area (Å²) < 4.78 is 0. The number of amides is 2. The predicted octanol–water partition coefficient (Wildman–Crippen LogP) is 1.47. The van der Waals surface area contributed by atoms with Crippen LogP contribution >= 0.6 is 0 Å². The number of rotatable bonds is 4. The van der Waals surface area contributed by atoms with E-state index in [0.29, 0.717) is 31.7 Å². The summed E-state index contributed by atoms with van der Waals surface area (Å²) in [5.41, 5.74) is 7.64. The highest BCUT2D eigenvalue weighted by atomic mass is 16.2. The molecular weight excluding hydrogens is 316 g/mol. The zero-order chi connectivity index (χ0) is 17.8. The molecule has 2 amide bonds. The van der Waals surface area contributed by atoms with Gasteiger partial charge in [-0.05, 0) is 31.9 Å². The first-order valence-electron chi connectivity index (χ1n) is 8.73. The van der Waals surface area contributed by atoms with Crippen LogP contribution in [-0.4, -0.2) is 47.9 Å². The quantitative estimate of drug-likeness (QED) is 0.882. The fraction of sp³-hybridized carbons (Fsp3) is 0.421. The number of fused-ring (bicyclic) bond motifs is 1. The van der Waals surface area contributed by atoms with Crippen molar-refractivity contribution in [3.63, 3.8) is 0 Å². The van der Waals surface area contributed by atoms with E-state index in [2.05, 4.69) is 10.3 Å². The van der Waals surface area contributed by atoms with Crippen molar-refractivity contribution in [1.82, 2.24) is 15.2 Å². The lowest BCUT2D eigenvalue weighted by atomic mass is 9.96. The summed E-state index contributed by atoms with van der Waals surface area (Å²) in [5.74, 6) is -0.246. The monoisotopic (exact) mass is 340 g/mol. The van der Waals surface area contributed by atoms with Gasteiger partial charge in [-0.2, -0.15) is 0 Å². The average Bonchev–Trinajstić information content (AvgIpc) is 2.65. The zero-order valence-corrected chi connectivity index (χ0v) is 14.5. The maximum Gasteiger partial charge on any atom is 0.256 e. The van der Waals surface area contributed by atoms with E-state index in [1.54, 1.807) is 4.90 Å². The van der Waals surface area contributed by atoms with Gasteiger partial charge in [0.25, 0.3) is 5.91 Å². The second-order valence-corrected chi connectivity index (χ2v) is 6.50. The van der Waals surface area contributed by atoms with E-state index in [-0.39, 0.29) is 17.7 Å². The van der Waals surface area contributed by atoms with Crippen LogP contribution in [0.1, 0.15) is 28.9 Å². The van der Waals surface area contributed by atoms with Gasteiger partial charge >= 0.3 is 0 Å². The lowest BCUT2D eigenvalue weighted by molar-refractivity contribution is -0.126. The number of carbonyl (C=O) groups excluding carboxylic acids is 2. The van der Waals surface area contributed by atoms with Crippen LogP contribution in [0.25, 0.3) is 10.9 Å². The number of hydrogen-bond acceptors (Lipinski definition) is 4.